The van der Waals surface area contributed by atoms with E-state index in [1.165, 1.54) is 0 Å². The summed E-state index contributed by atoms with van der Waals surface area (Å²) in [6.45, 7) is 8.93. The van der Waals surface area contributed by atoms with Crippen LogP contribution in [0.1, 0.15) is 37.9 Å². The van der Waals surface area contributed by atoms with E-state index in [2.05, 4.69) is 41.2 Å². The molecule has 0 aliphatic heterocycles. The van der Waals surface area contributed by atoms with Crippen molar-refractivity contribution in [1.29, 1.82) is 0 Å². The van der Waals surface area contributed by atoms with E-state index in [0.29, 0.717) is 5.82 Å². The molecule has 0 amide bonds. The van der Waals surface area contributed by atoms with Crippen molar-refractivity contribution in [3.05, 3.63) is 29.3 Å². The molecule has 0 bridgehead atoms. The highest BCUT2D eigenvalue weighted by Crippen LogP contribution is 2.24. The minimum Gasteiger partial charge on any atom is -0.383 e. The second-order valence-corrected chi connectivity index (χ2v) is 6.31. The molecule has 6 nitrogen and oxygen atoms in total. The van der Waals surface area contributed by atoms with Crippen molar-refractivity contribution in [2.24, 2.45) is 7.05 Å². The van der Waals surface area contributed by atoms with Gasteiger partial charge in [0, 0.05) is 37.2 Å². The standard InChI is InChI=1S/C15H24N6/c1-10-12(16)18-14(15(2,3)4)19-13(10)17-8-6-11-7-9-21(5)20-11/h7,9H,6,8H2,1-5H3,(H3,16,17,18,19). The Hall–Kier alpha value is -2.11. The van der Waals surface area contributed by atoms with Gasteiger partial charge in [0.1, 0.15) is 17.5 Å². The van der Waals surface area contributed by atoms with Gasteiger partial charge in [-0.05, 0) is 13.0 Å². The summed E-state index contributed by atoms with van der Waals surface area (Å²) in [6, 6.07) is 2.02. The van der Waals surface area contributed by atoms with Crippen LogP contribution >= 0.6 is 0 Å². The molecule has 0 aliphatic rings. The third kappa shape index (κ3) is 3.71. The zero-order chi connectivity index (χ0) is 15.6. The highest BCUT2D eigenvalue weighted by molar-refractivity contribution is 5.55. The van der Waals surface area contributed by atoms with E-state index in [4.69, 9.17) is 5.73 Å². The van der Waals surface area contributed by atoms with Gasteiger partial charge >= 0.3 is 0 Å². The molecule has 2 aromatic heterocycles. The first-order valence-electron chi connectivity index (χ1n) is 7.14. The van der Waals surface area contributed by atoms with Gasteiger partial charge in [0.05, 0.1) is 5.69 Å². The minimum absolute atomic E-state index is 0.126. The number of nitrogens with one attached hydrogen (secondary N) is 1. The van der Waals surface area contributed by atoms with Crippen LogP contribution in [0.5, 0.6) is 0 Å². The van der Waals surface area contributed by atoms with Crippen LogP contribution in [0.15, 0.2) is 12.3 Å². The number of anilines is 2. The van der Waals surface area contributed by atoms with E-state index in [-0.39, 0.29) is 5.41 Å². The smallest absolute Gasteiger partial charge is 0.138 e. The Morgan fingerprint density at radius 1 is 1.29 bits per heavy atom. The minimum atomic E-state index is -0.126. The summed E-state index contributed by atoms with van der Waals surface area (Å²) in [7, 11) is 1.92. The van der Waals surface area contributed by atoms with Crippen LogP contribution in [0.3, 0.4) is 0 Å². The number of nitrogens with zero attached hydrogens (tertiary/aromatic N) is 4. The van der Waals surface area contributed by atoms with Crippen LogP contribution in [0.25, 0.3) is 0 Å². The molecule has 0 aliphatic carbocycles. The van der Waals surface area contributed by atoms with E-state index in [1.807, 2.05) is 26.2 Å². The zero-order valence-corrected chi connectivity index (χ0v) is 13.4. The van der Waals surface area contributed by atoms with Gasteiger partial charge < -0.3 is 11.1 Å². The SMILES string of the molecule is Cc1c(N)nc(C(C)(C)C)nc1NCCc1ccn(C)n1. The average molecular weight is 288 g/mol. The first kappa shape index (κ1) is 15.3. The normalized spacial score (nSPS) is 11.7. The maximum atomic E-state index is 6.00. The van der Waals surface area contributed by atoms with Crippen molar-refractivity contribution in [3.63, 3.8) is 0 Å². The van der Waals surface area contributed by atoms with Gasteiger partial charge in [0.2, 0.25) is 0 Å². The molecular weight excluding hydrogens is 264 g/mol. The summed E-state index contributed by atoms with van der Waals surface area (Å²) in [5, 5.41) is 7.70. The van der Waals surface area contributed by atoms with E-state index < -0.39 is 0 Å². The van der Waals surface area contributed by atoms with Gasteiger partial charge in [-0.15, -0.1) is 0 Å². The Bertz CT molecular complexity index is 624. The van der Waals surface area contributed by atoms with Crippen LogP contribution in [0.4, 0.5) is 11.6 Å². The number of hydrogen-bond acceptors (Lipinski definition) is 5. The first-order valence-corrected chi connectivity index (χ1v) is 7.14. The molecule has 6 heteroatoms. The predicted molar refractivity (Wildman–Crippen MR) is 85.3 cm³/mol. The molecule has 2 aromatic rings. The molecule has 0 spiro atoms. The lowest BCUT2D eigenvalue weighted by Gasteiger charge is -2.19. The Morgan fingerprint density at radius 3 is 2.57 bits per heavy atom. The topological polar surface area (TPSA) is 81.6 Å². The zero-order valence-electron chi connectivity index (χ0n) is 13.4. The van der Waals surface area contributed by atoms with Crippen molar-refractivity contribution in [3.8, 4) is 0 Å². The van der Waals surface area contributed by atoms with Gasteiger partial charge in [-0.3, -0.25) is 4.68 Å². The molecule has 2 heterocycles. The number of aromatic nitrogens is 4. The molecule has 3 N–H and O–H groups in total. The highest BCUT2D eigenvalue weighted by Gasteiger charge is 2.20. The molecule has 2 rings (SSSR count). The van der Waals surface area contributed by atoms with Crippen LogP contribution in [-0.4, -0.2) is 26.3 Å². The molecule has 114 valence electrons. The lowest BCUT2D eigenvalue weighted by Crippen LogP contribution is -2.20. The molecule has 0 saturated carbocycles. The van der Waals surface area contributed by atoms with Crippen molar-refractivity contribution in [2.45, 2.75) is 39.5 Å². The van der Waals surface area contributed by atoms with E-state index in [9.17, 15) is 0 Å². The Kier molecular flexibility index (Phi) is 4.16. The molecule has 0 fully saturated rings. The Balaban J connectivity index is 2.10. The third-order valence-electron chi connectivity index (χ3n) is 3.30. The van der Waals surface area contributed by atoms with Crippen LogP contribution < -0.4 is 11.1 Å². The summed E-state index contributed by atoms with van der Waals surface area (Å²) in [5.41, 5.74) is 7.82. The highest BCUT2D eigenvalue weighted by atomic mass is 15.2. The van der Waals surface area contributed by atoms with Gasteiger partial charge in [-0.2, -0.15) is 5.10 Å². The maximum Gasteiger partial charge on any atom is 0.138 e. The monoisotopic (exact) mass is 288 g/mol. The largest absolute Gasteiger partial charge is 0.383 e. The molecule has 0 saturated heterocycles. The van der Waals surface area contributed by atoms with E-state index in [0.717, 1.165) is 35.9 Å². The number of nitrogens with two attached hydrogens (primary N) is 1. The first-order chi connectivity index (χ1) is 9.77. The van der Waals surface area contributed by atoms with Crippen LogP contribution in [-0.2, 0) is 18.9 Å². The van der Waals surface area contributed by atoms with Crippen molar-refractivity contribution in [2.75, 3.05) is 17.6 Å². The third-order valence-corrected chi connectivity index (χ3v) is 3.30. The molecule has 21 heavy (non-hydrogen) atoms. The van der Waals surface area contributed by atoms with E-state index in [1.54, 1.807) is 4.68 Å². The van der Waals surface area contributed by atoms with Crippen molar-refractivity contribution in [1.82, 2.24) is 19.7 Å². The number of aryl methyl sites for hydroxylation is 1. The van der Waals surface area contributed by atoms with Gasteiger partial charge in [0.15, 0.2) is 0 Å². The fourth-order valence-electron chi connectivity index (χ4n) is 1.95. The summed E-state index contributed by atoms with van der Waals surface area (Å²) in [5.74, 6) is 2.10. The summed E-state index contributed by atoms with van der Waals surface area (Å²) < 4.78 is 1.81. The van der Waals surface area contributed by atoms with Gasteiger partial charge in [0.25, 0.3) is 0 Å². The number of hydrogen-bond donors (Lipinski definition) is 2. The molecular formula is C15H24N6. The lowest BCUT2D eigenvalue weighted by molar-refractivity contribution is 0.546. The fraction of sp³-hybridized carbons (Fsp3) is 0.533. The van der Waals surface area contributed by atoms with Crippen molar-refractivity contribution < 1.29 is 0 Å². The lowest BCUT2D eigenvalue weighted by atomic mass is 9.95. The molecule has 0 radical (unpaired) electrons. The van der Waals surface area contributed by atoms with Crippen LogP contribution in [0, 0.1) is 6.92 Å². The maximum absolute atomic E-state index is 6.00. The summed E-state index contributed by atoms with van der Waals surface area (Å²) >= 11 is 0. The number of nitrogen functional groups attached to an aromatic ring is 1. The second-order valence-electron chi connectivity index (χ2n) is 6.31. The Morgan fingerprint density at radius 2 is 2.00 bits per heavy atom. The average Bonchev–Trinajstić information content (AvgIpc) is 2.79. The van der Waals surface area contributed by atoms with Gasteiger partial charge in [-0.1, -0.05) is 20.8 Å². The Labute approximate surface area is 125 Å². The van der Waals surface area contributed by atoms with Gasteiger partial charge in [-0.25, -0.2) is 9.97 Å². The van der Waals surface area contributed by atoms with Crippen LogP contribution in [0.2, 0.25) is 0 Å². The molecule has 0 aromatic carbocycles. The fourth-order valence-corrected chi connectivity index (χ4v) is 1.95. The quantitative estimate of drug-likeness (QED) is 0.900. The van der Waals surface area contributed by atoms with E-state index >= 15 is 0 Å². The summed E-state index contributed by atoms with van der Waals surface area (Å²) in [4.78, 5) is 9.00. The molecule has 0 unspecified atom stereocenters. The molecule has 0 atom stereocenters. The van der Waals surface area contributed by atoms with Crippen molar-refractivity contribution >= 4 is 11.6 Å². The predicted octanol–water partition coefficient (Wildman–Crippen LogP) is 2.05. The summed E-state index contributed by atoms with van der Waals surface area (Å²) in [6.07, 6.45) is 2.79. The second kappa shape index (κ2) is 5.71. The number of rotatable bonds is 4.